The van der Waals surface area contributed by atoms with Gasteiger partial charge in [0.15, 0.2) is 0 Å². The van der Waals surface area contributed by atoms with E-state index in [9.17, 15) is 4.79 Å². The Balaban J connectivity index is 1.73. The third kappa shape index (κ3) is 2.00. The molecule has 1 atom stereocenters. The average Bonchev–Trinajstić information content (AvgIpc) is 3.25. The molecule has 1 aliphatic rings. The number of benzene rings is 1. The van der Waals surface area contributed by atoms with Crippen LogP contribution in [0.4, 0.5) is 0 Å². The van der Waals surface area contributed by atoms with E-state index in [1.165, 1.54) is 11.3 Å². The van der Waals surface area contributed by atoms with Gasteiger partial charge in [-0.3, -0.25) is 4.79 Å². The van der Waals surface area contributed by atoms with Gasteiger partial charge in [-0.2, -0.15) is 0 Å². The summed E-state index contributed by atoms with van der Waals surface area (Å²) < 4.78 is 5.74. The first-order chi connectivity index (χ1) is 10.8. The van der Waals surface area contributed by atoms with Crippen LogP contribution in [0.2, 0.25) is 0 Å². The van der Waals surface area contributed by atoms with Gasteiger partial charge in [-0.1, -0.05) is 16.4 Å². The molecule has 0 saturated carbocycles. The number of likely N-dealkylation sites (tertiary alicyclic amines) is 1. The van der Waals surface area contributed by atoms with E-state index in [0.717, 1.165) is 41.0 Å². The Hall–Kier alpha value is -2.28. The van der Waals surface area contributed by atoms with Crippen molar-refractivity contribution >= 4 is 27.5 Å². The van der Waals surface area contributed by atoms with E-state index in [1.807, 2.05) is 30.0 Å². The van der Waals surface area contributed by atoms with Crippen LogP contribution in [0.25, 0.3) is 10.2 Å². The summed E-state index contributed by atoms with van der Waals surface area (Å²) in [5, 5.41) is 7.82. The molecule has 0 N–H and O–H groups in total. The molecule has 3 heterocycles. The van der Waals surface area contributed by atoms with Crippen molar-refractivity contribution in [2.75, 3.05) is 6.54 Å². The van der Waals surface area contributed by atoms with E-state index in [2.05, 4.69) is 15.3 Å². The highest BCUT2D eigenvalue weighted by atomic mass is 32.1. The summed E-state index contributed by atoms with van der Waals surface area (Å²) in [6, 6.07) is 5.62. The van der Waals surface area contributed by atoms with Crippen LogP contribution in [0.1, 0.15) is 40.6 Å². The molecule has 1 amide bonds. The number of aryl methyl sites for hydroxylation is 1. The molecule has 4 rings (SSSR count). The Morgan fingerprint density at radius 2 is 2.32 bits per heavy atom. The zero-order chi connectivity index (χ0) is 15.1. The van der Waals surface area contributed by atoms with Gasteiger partial charge in [0.25, 0.3) is 5.91 Å². The Kier molecular flexibility index (Phi) is 3.15. The number of thiazole rings is 1. The van der Waals surface area contributed by atoms with Crippen molar-refractivity contribution in [2.45, 2.75) is 25.8 Å². The number of hydrogen-bond donors (Lipinski definition) is 0. The number of rotatable bonds is 2. The maximum absolute atomic E-state index is 13.0. The first-order valence-corrected chi connectivity index (χ1v) is 8.06. The number of amides is 1. The van der Waals surface area contributed by atoms with Crippen molar-refractivity contribution in [2.24, 2.45) is 0 Å². The molecule has 1 aromatic carbocycles. The summed E-state index contributed by atoms with van der Waals surface area (Å²) in [5.41, 5.74) is 4.86. The van der Waals surface area contributed by atoms with Crippen molar-refractivity contribution in [1.29, 1.82) is 0 Å². The third-order valence-electron chi connectivity index (χ3n) is 4.10. The van der Waals surface area contributed by atoms with E-state index in [1.54, 1.807) is 5.51 Å². The minimum atomic E-state index is -0.0538. The third-order valence-corrected chi connectivity index (χ3v) is 4.98. The fourth-order valence-corrected chi connectivity index (χ4v) is 3.84. The van der Waals surface area contributed by atoms with Gasteiger partial charge >= 0.3 is 0 Å². The smallest absolute Gasteiger partial charge is 0.255 e. The lowest BCUT2D eigenvalue weighted by Gasteiger charge is -2.23. The largest absolute Gasteiger partial charge is 0.330 e. The van der Waals surface area contributed by atoms with Crippen molar-refractivity contribution in [3.05, 3.63) is 40.7 Å². The molecule has 1 fully saturated rings. The van der Waals surface area contributed by atoms with Gasteiger partial charge in [-0.05, 0) is 31.9 Å². The lowest BCUT2D eigenvalue weighted by molar-refractivity contribution is 0.0732. The number of carbonyl (C=O) groups excluding carboxylic acids is 1. The summed E-state index contributed by atoms with van der Waals surface area (Å²) in [5.74, 6) is 0.0275. The second-order valence-electron chi connectivity index (χ2n) is 5.40. The standard InChI is InChI=1S/C15H14N4O2S/c1-9-13(18-21-17-9)12-6-3-7-19(12)15(20)10-4-2-5-11-14(10)22-8-16-11/h2,4-5,8,12H,3,6-7H2,1H3. The van der Waals surface area contributed by atoms with Crippen LogP contribution in [-0.4, -0.2) is 32.6 Å². The zero-order valence-corrected chi connectivity index (χ0v) is 12.8. The lowest BCUT2D eigenvalue weighted by Crippen LogP contribution is -2.31. The van der Waals surface area contributed by atoms with Gasteiger partial charge in [0.05, 0.1) is 27.3 Å². The first kappa shape index (κ1) is 13.4. The molecule has 7 heteroatoms. The van der Waals surface area contributed by atoms with Crippen molar-refractivity contribution < 1.29 is 9.42 Å². The van der Waals surface area contributed by atoms with E-state index < -0.39 is 0 Å². The highest BCUT2D eigenvalue weighted by molar-refractivity contribution is 7.17. The first-order valence-electron chi connectivity index (χ1n) is 7.18. The molecule has 1 unspecified atom stereocenters. The van der Waals surface area contributed by atoms with Gasteiger partial charge in [-0.15, -0.1) is 11.3 Å². The molecule has 1 saturated heterocycles. The Bertz CT molecular complexity index is 841. The summed E-state index contributed by atoms with van der Waals surface area (Å²) in [6.07, 6.45) is 1.85. The van der Waals surface area contributed by atoms with Crippen molar-refractivity contribution in [3.8, 4) is 0 Å². The topological polar surface area (TPSA) is 72.1 Å². The van der Waals surface area contributed by atoms with Crippen LogP contribution >= 0.6 is 11.3 Å². The monoisotopic (exact) mass is 314 g/mol. The van der Waals surface area contributed by atoms with Gasteiger partial charge in [0.2, 0.25) is 0 Å². The van der Waals surface area contributed by atoms with Gasteiger partial charge in [-0.25, -0.2) is 9.61 Å². The molecule has 22 heavy (non-hydrogen) atoms. The molecule has 6 nitrogen and oxygen atoms in total. The summed E-state index contributed by atoms with van der Waals surface area (Å²) >= 11 is 1.50. The minimum Gasteiger partial charge on any atom is -0.330 e. The summed E-state index contributed by atoms with van der Waals surface area (Å²) in [4.78, 5) is 19.2. The van der Waals surface area contributed by atoms with E-state index in [4.69, 9.17) is 4.63 Å². The maximum Gasteiger partial charge on any atom is 0.255 e. The number of carbonyl (C=O) groups is 1. The molecule has 2 aromatic heterocycles. The molecule has 0 radical (unpaired) electrons. The highest BCUT2D eigenvalue weighted by Crippen LogP contribution is 2.34. The molecular formula is C15H14N4O2S. The Morgan fingerprint density at radius 3 is 3.14 bits per heavy atom. The maximum atomic E-state index is 13.0. The number of aromatic nitrogens is 3. The minimum absolute atomic E-state index is 0.0275. The zero-order valence-electron chi connectivity index (χ0n) is 12.0. The molecule has 0 spiro atoms. The van der Waals surface area contributed by atoms with Crippen molar-refractivity contribution in [1.82, 2.24) is 20.2 Å². The summed E-state index contributed by atoms with van der Waals surface area (Å²) in [7, 11) is 0. The SMILES string of the molecule is Cc1nonc1C1CCCN1C(=O)c1cccc2ncsc12. The van der Waals surface area contributed by atoms with Crippen LogP contribution in [0.3, 0.4) is 0 Å². The molecule has 0 aliphatic carbocycles. The average molecular weight is 314 g/mol. The van der Waals surface area contributed by atoms with Crippen LogP contribution in [0, 0.1) is 6.92 Å². The number of nitrogens with zero attached hydrogens (tertiary/aromatic N) is 4. The Morgan fingerprint density at radius 1 is 1.41 bits per heavy atom. The lowest BCUT2D eigenvalue weighted by atomic mass is 10.1. The van der Waals surface area contributed by atoms with E-state index in [0.29, 0.717) is 5.56 Å². The molecular weight excluding hydrogens is 300 g/mol. The highest BCUT2D eigenvalue weighted by Gasteiger charge is 2.34. The predicted octanol–water partition coefficient (Wildman–Crippen LogP) is 2.97. The summed E-state index contributed by atoms with van der Waals surface area (Å²) in [6.45, 7) is 2.59. The van der Waals surface area contributed by atoms with Gasteiger partial charge in [0, 0.05) is 6.54 Å². The molecule has 3 aromatic rings. The normalized spacial score (nSPS) is 18.2. The van der Waals surface area contributed by atoms with Crippen LogP contribution in [0.15, 0.2) is 28.3 Å². The van der Waals surface area contributed by atoms with Crippen molar-refractivity contribution in [3.63, 3.8) is 0 Å². The second kappa shape index (κ2) is 5.17. The quantitative estimate of drug-likeness (QED) is 0.727. The number of hydrogen-bond acceptors (Lipinski definition) is 6. The molecule has 1 aliphatic heterocycles. The van der Waals surface area contributed by atoms with Crippen LogP contribution in [0.5, 0.6) is 0 Å². The fraction of sp³-hybridized carbons (Fsp3) is 0.333. The van der Waals surface area contributed by atoms with Gasteiger partial charge < -0.3 is 4.90 Å². The predicted molar refractivity (Wildman–Crippen MR) is 81.7 cm³/mol. The number of fused-ring (bicyclic) bond motifs is 1. The Labute approximate surface area is 130 Å². The molecule has 0 bridgehead atoms. The fourth-order valence-electron chi connectivity index (χ4n) is 3.04. The van der Waals surface area contributed by atoms with Crippen LogP contribution < -0.4 is 0 Å². The second-order valence-corrected chi connectivity index (χ2v) is 6.25. The van der Waals surface area contributed by atoms with E-state index >= 15 is 0 Å². The van der Waals surface area contributed by atoms with Crippen LogP contribution in [-0.2, 0) is 0 Å². The van der Waals surface area contributed by atoms with Gasteiger partial charge in [0.1, 0.15) is 11.4 Å². The molecule has 112 valence electrons. The van der Waals surface area contributed by atoms with E-state index in [-0.39, 0.29) is 11.9 Å².